The fourth-order valence-electron chi connectivity index (χ4n) is 7.96. The van der Waals surface area contributed by atoms with Crippen molar-refractivity contribution >= 4 is 17.7 Å². The topological polar surface area (TPSA) is 82.7 Å². The Morgan fingerprint density at radius 2 is 1.74 bits per heavy atom. The van der Waals surface area contributed by atoms with Gasteiger partial charge in [-0.25, -0.2) is 9.59 Å². The van der Waals surface area contributed by atoms with Crippen LogP contribution in [0.1, 0.15) is 38.5 Å². The van der Waals surface area contributed by atoms with Crippen molar-refractivity contribution in [3.63, 3.8) is 0 Å². The standard InChI is InChI=1S/C24H29F3N4O3/c25-24(26,27)34-19-4-2-1-3-18(19)29-21(33)31-7-5-14(6-8-31)13-28-20(32)30-22-11-16-9-15-10-17(12-22)23(15,16)22/h1-4,14-17H,5-13H2,(H,29,33)(H2,28,30,32). The summed E-state index contributed by atoms with van der Waals surface area (Å²) in [6.45, 7) is 1.50. The Bertz CT molecular complexity index is 982. The Labute approximate surface area is 195 Å². The van der Waals surface area contributed by atoms with E-state index in [9.17, 15) is 22.8 Å². The van der Waals surface area contributed by atoms with Gasteiger partial charge in [-0.3, -0.25) is 0 Å². The molecule has 10 heteroatoms. The van der Waals surface area contributed by atoms with Crippen LogP contribution in [-0.4, -0.2) is 48.5 Å². The van der Waals surface area contributed by atoms with E-state index in [0.29, 0.717) is 25.0 Å². The van der Waals surface area contributed by atoms with Crippen LogP contribution in [0.4, 0.5) is 28.4 Å². The Kier molecular flexibility index (Phi) is 4.77. The second-order valence-corrected chi connectivity index (χ2v) is 10.7. The van der Waals surface area contributed by atoms with E-state index < -0.39 is 18.1 Å². The van der Waals surface area contributed by atoms with Gasteiger partial charge in [0.25, 0.3) is 0 Å². The fourth-order valence-corrected chi connectivity index (χ4v) is 7.96. The average molecular weight is 479 g/mol. The molecule has 0 bridgehead atoms. The average Bonchev–Trinajstić information content (AvgIpc) is 2.73. The van der Waals surface area contributed by atoms with E-state index in [1.807, 2.05) is 0 Å². The highest BCUT2D eigenvalue weighted by atomic mass is 19.4. The molecule has 5 fully saturated rings. The smallest absolute Gasteiger partial charge is 0.404 e. The van der Waals surface area contributed by atoms with Crippen LogP contribution in [-0.2, 0) is 0 Å². The molecule has 0 aromatic heterocycles. The van der Waals surface area contributed by atoms with E-state index in [4.69, 9.17) is 0 Å². The summed E-state index contributed by atoms with van der Waals surface area (Å²) < 4.78 is 41.8. The van der Waals surface area contributed by atoms with Crippen LogP contribution in [0.5, 0.6) is 5.75 Å². The molecule has 1 saturated heterocycles. The highest BCUT2D eigenvalue weighted by Gasteiger charge is 2.88. The number of anilines is 1. The molecule has 5 aliphatic rings. The predicted octanol–water partition coefficient (Wildman–Crippen LogP) is 4.32. The first kappa shape index (κ1) is 21.9. The summed E-state index contributed by atoms with van der Waals surface area (Å²) in [5.74, 6) is 2.33. The number of hydrogen-bond acceptors (Lipinski definition) is 3. The Morgan fingerprint density at radius 3 is 2.35 bits per heavy atom. The maximum Gasteiger partial charge on any atom is 0.573 e. The molecular weight excluding hydrogens is 449 g/mol. The number of likely N-dealkylation sites (tertiary alicyclic amines) is 1. The number of amides is 4. The number of alkyl halides is 3. The summed E-state index contributed by atoms with van der Waals surface area (Å²) in [7, 11) is 0. The Morgan fingerprint density at radius 1 is 1.06 bits per heavy atom. The van der Waals surface area contributed by atoms with Crippen molar-refractivity contribution < 1.29 is 27.5 Å². The summed E-state index contributed by atoms with van der Waals surface area (Å²) in [6, 6.07) is 4.94. The summed E-state index contributed by atoms with van der Waals surface area (Å²) in [4.78, 5) is 26.7. The summed E-state index contributed by atoms with van der Waals surface area (Å²) in [6.07, 6.45) is 1.58. The minimum Gasteiger partial charge on any atom is -0.404 e. The molecule has 1 aromatic rings. The molecule has 0 radical (unpaired) electrons. The molecule has 7 nitrogen and oxygen atoms in total. The number of carbonyl (C=O) groups excluding carboxylic acids is 2. The van der Waals surface area contributed by atoms with Gasteiger partial charge in [0.2, 0.25) is 0 Å². The first-order chi connectivity index (χ1) is 16.2. The molecule has 1 heterocycles. The molecule has 2 unspecified atom stereocenters. The SMILES string of the molecule is O=C(NCC1CCN(C(=O)Nc2ccccc2OC(F)(F)F)CC1)NC12CC3CC4CC(C1)C432. The van der Waals surface area contributed by atoms with E-state index in [2.05, 4.69) is 20.7 Å². The van der Waals surface area contributed by atoms with Crippen molar-refractivity contribution in [2.24, 2.45) is 29.1 Å². The fraction of sp³-hybridized carbons (Fsp3) is 0.667. The highest BCUT2D eigenvalue weighted by Crippen LogP contribution is 2.89. The van der Waals surface area contributed by atoms with E-state index in [0.717, 1.165) is 49.5 Å². The summed E-state index contributed by atoms with van der Waals surface area (Å²) in [5.41, 5.74) is 0.481. The van der Waals surface area contributed by atoms with E-state index in [-0.39, 0.29) is 23.2 Å². The summed E-state index contributed by atoms with van der Waals surface area (Å²) in [5, 5.41) is 8.87. The molecule has 1 aliphatic heterocycles. The third kappa shape index (κ3) is 3.16. The molecular formula is C24H29F3N4O3. The largest absolute Gasteiger partial charge is 0.573 e. The van der Waals surface area contributed by atoms with Gasteiger partial charge in [0.05, 0.1) is 5.69 Å². The third-order valence-corrected chi connectivity index (χ3v) is 9.34. The molecule has 1 spiro atoms. The first-order valence-electron chi connectivity index (χ1n) is 12.2. The van der Waals surface area contributed by atoms with Crippen molar-refractivity contribution in [2.45, 2.75) is 50.4 Å². The van der Waals surface area contributed by atoms with Gasteiger partial charge >= 0.3 is 18.4 Å². The molecule has 3 N–H and O–H groups in total. The van der Waals surface area contributed by atoms with Crippen molar-refractivity contribution in [3.8, 4) is 5.75 Å². The lowest BCUT2D eigenvalue weighted by atomic mass is 9.15. The van der Waals surface area contributed by atoms with Crippen molar-refractivity contribution in [2.75, 3.05) is 25.0 Å². The van der Waals surface area contributed by atoms with Gasteiger partial charge in [-0.05, 0) is 74.3 Å². The minimum atomic E-state index is -4.84. The number of para-hydroxylation sites is 2. The van der Waals surface area contributed by atoms with Gasteiger partial charge in [0.1, 0.15) is 0 Å². The van der Waals surface area contributed by atoms with Crippen LogP contribution in [0.2, 0.25) is 0 Å². The number of nitrogens with one attached hydrogen (secondary N) is 3. The quantitative estimate of drug-likeness (QED) is 0.590. The van der Waals surface area contributed by atoms with Crippen LogP contribution in [0.15, 0.2) is 24.3 Å². The molecule has 184 valence electrons. The number of halogens is 3. The maximum absolute atomic E-state index is 12.6. The molecule has 1 aromatic carbocycles. The predicted molar refractivity (Wildman–Crippen MR) is 117 cm³/mol. The second kappa shape index (κ2) is 7.42. The van der Waals surface area contributed by atoms with Crippen molar-refractivity contribution in [1.82, 2.24) is 15.5 Å². The van der Waals surface area contributed by atoms with Gasteiger partial charge in [0, 0.05) is 30.6 Å². The van der Waals surface area contributed by atoms with Crippen LogP contribution in [0.3, 0.4) is 0 Å². The van der Waals surface area contributed by atoms with E-state index >= 15 is 0 Å². The van der Waals surface area contributed by atoms with Crippen molar-refractivity contribution in [3.05, 3.63) is 24.3 Å². The van der Waals surface area contributed by atoms with Gasteiger partial charge in [0.15, 0.2) is 5.75 Å². The second-order valence-electron chi connectivity index (χ2n) is 10.7. The molecule has 6 rings (SSSR count). The molecule has 34 heavy (non-hydrogen) atoms. The molecule has 4 amide bonds. The number of piperidine rings is 1. The maximum atomic E-state index is 12.6. The van der Waals surface area contributed by atoms with E-state index in [1.165, 1.54) is 31.0 Å². The van der Waals surface area contributed by atoms with Crippen LogP contribution >= 0.6 is 0 Å². The lowest BCUT2D eigenvalue weighted by molar-refractivity contribution is -0.393. The van der Waals surface area contributed by atoms with Gasteiger partial charge in [-0.15, -0.1) is 13.2 Å². The number of rotatable bonds is 5. The number of carbonyl (C=O) groups is 2. The minimum absolute atomic E-state index is 0.0271. The van der Waals surface area contributed by atoms with Crippen molar-refractivity contribution in [1.29, 1.82) is 0 Å². The molecule has 4 saturated carbocycles. The highest BCUT2D eigenvalue weighted by molar-refractivity contribution is 5.91. The summed E-state index contributed by atoms with van der Waals surface area (Å²) >= 11 is 0. The number of urea groups is 2. The Balaban J connectivity index is 0.947. The number of nitrogens with zero attached hydrogens (tertiary/aromatic N) is 1. The first-order valence-corrected chi connectivity index (χ1v) is 12.2. The number of hydrogen-bond donors (Lipinski definition) is 3. The van der Waals surface area contributed by atoms with Crippen LogP contribution in [0, 0.1) is 29.1 Å². The zero-order chi connectivity index (χ0) is 23.7. The van der Waals surface area contributed by atoms with Gasteiger partial charge in [-0.2, -0.15) is 0 Å². The van der Waals surface area contributed by atoms with Crippen LogP contribution in [0.25, 0.3) is 0 Å². The number of benzene rings is 1. The normalized spacial score (nSPS) is 35.3. The number of ether oxygens (including phenoxy) is 1. The molecule has 4 aliphatic carbocycles. The lowest BCUT2D eigenvalue weighted by Crippen LogP contribution is -2.93. The zero-order valence-electron chi connectivity index (χ0n) is 18.8. The third-order valence-electron chi connectivity index (χ3n) is 9.34. The van der Waals surface area contributed by atoms with E-state index in [1.54, 1.807) is 4.90 Å². The monoisotopic (exact) mass is 478 g/mol. The van der Waals surface area contributed by atoms with Gasteiger partial charge in [-0.1, -0.05) is 12.1 Å². The zero-order valence-corrected chi connectivity index (χ0v) is 18.8. The lowest BCUT2D eigenvalue weighted by Gasteiger charge is -2.90. The van der Waals surface area contributed by atoms with Gasteiger partial charge < -0.3 is 25.6 Å². The van der Waals surface area contributed by atoms with Crippen LogP contribution < -0.4 is 20.7 Å². The molecule has 2 atom stereocenters. The Hall–Kier alpha value is -2.65.